The number of nitrogens with zero attached hydrogens (tertiary/aromatic N) is 2. The molecule has 4 aromatic heterocycles. The molecular weight excluding hydrogens is 1630 g/mol. The normalized spacial score (nSPS) is 11.3. The summed E-state index contributed by atoms with van der Waals surface area (Å²) in [7, 11) is 0. The van der Waals surface area contributed by atoms with Gasteiger partial charge in [0.2, 0.25) is 0 Å². The van der Waals surface area contributed by atoms with Gasteiger partial charge in [0, 0.05) is 76.3 Å². The predicted molar refractivity (Wildman–Crippen MR) is 490 cm³/mol. The van der Waals surface area contributed by atoms with Gasteiger partial charge in [-0.2, -0.15) is 0 Å². The maximum Gasteiger partial charge on any atom is 0.328 e. The van der Waals surface area contributed by atoms with Crippen molar-refractivity contribution in [2.75, 3.05) is 0 Å². The Balaban J connectivity index is 0.000000141. The Morgan fingerprint density at radius 1 is 0.374 bits per heavy atom. The highest BCUT2D eigenvalue weighted by Gasteiger charge is 2.26. The molecule has 24 heteroatoms. The van der Waals surface area contributed by atoms with E-state index in [1.165, 1.54) is 75.8 Å². The Kier molecular flexibility index (Phi) is 26.5. The number of carbonyl (C=O) groups is 4. The average molecular weight is 1710 g/mol. The number of aliphatic carboxylic acids is 4. The van der Waals surface area contributed by atoms with Gasteiger partial charge in [-0.25, -0.2) is 24.0 Å². The Morgan fingerprint density at radius 2 is 0.675 bits per heavy atom. The first kappa shape index (κ1) is 85.5. The molecule has 612 valence electrons. The van der Waals surface area contributed by atoms with E-state index in [2.05, 4.69) is 81.9 Å². The standard InChI is InChI=1S/C27H24O4S.C25H20O4S.C24H15NO4S.C23H15NO6S/c1-27(2,3)19-9-7-18(8-10-19)26-25(22-14-11-20(28)16-23(22)32-26)31-21-12-4-17(5-13-21)6-15-24(29)30;1-15-11-16(2)13-18(12-15)25-24(21-9-6-19(26)14-22(21)30-25)29-20-7-3-17(4-8-20)5-10-23(27)28;1-25-20-5-3-2-4-18(20)24-23(19-12-9-16(26)14-21(19)30-24)29-17-10-6-15(7-11-17)8-13-22(27)28;25-15-8-11-18-20(13-15)31-23(17-3-1-2-4-19(17)24(28)29)22(18)30-16-9-5-14(6-10-16)7-12-21(26)27/h4-16,28H,1-3H3,(H,29,30);3-14,26H,1-2H3,(H,27,28);2-14,26H,(H,27,28);1-13,25H,(H,26,27)/b15-6+;10-5+;13-8+;12-7+. The minimum atomic E-state index is -1.04. The number of benzene rings is 12. The smallest absolute Gasteiger partial charge is 0.328 e. The summed E-state index contributed by atoms with van der Waals surface area (Å²) >= 11 is 5.90. The third-order valence-corrected chi connectivity index (χ3v) is 23.4. The highest BCUT2D eigenvalue weighted by molar-refractivity contribution is 7.24. The van der Waals surface area contributed by atoms with Crippen LogP contribution in [0.25, 0.3) is 111 Å². The first-order valence-corrected chi connectivity index (χ1v) is 41.0. The Bertz CT molecular complexity index is 6820. The number of aromatic hydroxyl groups is 4. The van der Waals surface area contributed by atoms with Crippen molar-refractivity contribution in [3.8, 4) is 111 Å². The van der Waals surface area contributed by atoms with Gasteiger partial charge in [0.1, 0.15) is 46.0 Å². The highest BCUT2D eigenvalue weighted by atomic mass is 32.1. The summed E-state index contributed by atoms with van der Waals surface area (Å²) in [4.78, 5) is 60.9. The largest absolute Gasteiger partial charge is 0.508 e. The van der Waals surface area contributed by atoms with Crippen molar-refractivity contribution in [2.45, 2.75) is 40.0 Å². The van der Waals surface area contributed by atoms with Gasteiger partial charge in [-0.1, -0.05) is 159 Å². The fourth-order valence-electron chi connectivity index (χ4n) is 12.9. The van der Waals surface area contributed by atoms with E-state index >= 15 is 0 Å². The fraction of sp³-hybridized carbons (Fsp3) is 0.0606. The van der Waals surface area contributed by atoms with Gasteiger partial charge in [-0.3, -0.25) is 10.1 Å². The number of carboxylic acids is 4. The van der Waals surface area contributed by atoms with E-state index in [4.69, 9.17) is 45.9 Å². The average Bonchev–Trinajstić information content (AvgIpc) is 1.64. The molecule has 20 nitrogen and oxygen atoms in total. The number of para-hydroxylation sites is 2. The van der Waals surface area contributed by atoms with Crippen LogP contribution in [0, 0.1) is 30.5 Å². The van der Waals surface area contributed by atoms with Crippen LogP contribution >= 0.6 is 45.3 Å². The van der Waals surface area contributed by atoms with Crippen molar-refractivity contribution in [1.29, 1.82) is 0 Å². The van der Waals surface area contributed by atoms with Crippen molar-refractivity contribution >= 4 is 145 Å². The quantitative estimate of drug-likeness (QED) is 0.0143. The zero-order valence-electron chi connectivity index (χ0n) is 66.1. The van der Waals surface area contributed by atoms with E-state index in [-0.39, 0.29) is 34.1 Å². The van der Waals surface area contributed by atoms with Crippen LogP contribution in [-0.2, 0) is 24.6 Å². The summed E-state index contributed by atoms with van der Waals surface area (Å²) in [6.07, 6.45) is 10.4. The van der Waals surface area contributed by atoms with Gasteiger partial charge in [0.05, 0.1) is 36.6 Å². The minimum absolute atomic E-state index is 0.0442. The van der Waals surface area contributed by atoms with Crippen molar-refractivity contribution in [1.82, 2.24) is 0 Å². The van der Waals surface area contributed by atoms with Crippen LogP contribution in [0.4, 0.5) is 11.4 Å². The van der Waals surface area contributed by atoms with Crippen molar-refractivity contribution in [3.05, 3.63) is 346 Å². The van der Waals surface area contributed by atoms with Crippen molar-refractivity contribution in [3.63, 3.8) is 0 Å². The molecule has 0 radical (unpaired) electrons. The van der Waals surface area contributed by atoms with Crippen LogP contribution in [0.3, 0.4) is 0 Å². The van der Waals surface area contributed by atoms with Gasteiger partial charge in [-0.15, -0.1) is 45.3 Å². The SMILES string of the molecule is CC(C)(C)c1ccc(-c2sc3cc(O)ccc3c2Oc2ccc(/C=C/C(=O)O)cc2)cc1.Cc1cc(C)cc(-c2sc3cc(O)ccc3c2Oc2ccc(/C=C/C(=O)O)cc2)c1.O=C(O)/C=C/c1ccc(Oc2c(-c3ccccc3[N+](=O)[O-])sc3cc(O)ccc23)cc1.[C-]#[N+]c1ccccc1-c1sc2cc(O)ccc2c1Oc1ccc(/C=C/C(=O)O)cc1. The monoisotopic (exact) mass is 1710 g/mol. The molecule has 0 fully saturated rings. The molecule has 0 spiro atoms. The van der Waals surface area contributed by atoms with E-state index in [0.29, 0.717) is 61.6 Å². The summed E-state index contributed by atoms with van der Waals surface area (Å²) in [5, 5.41) is 89.6. The molecule has 16 rings (SSSR count). The number of hydrogen-bond acceptors (Lipinski definition) is 18. The molecule has 8 N–H and O–H groups in total. The zero-order valence-corrected chi connectivity index (χ0v) is 69.4. The molecule has 0 atom stereocenters. The number of rotatable bonds is 21. The second-order valence-corrected chi connectivity index (χ2v) is 32.9. The van der Waals surface area contributed by atoms with Gasteiger partial charge < -0.3 is 59.8 Å². The molecule has 0 saturated heterocycles. The molecule has 0 aliphatic carbocycles. The van der Waals surface area contributed by atoms with Crippen LogP contribution in [0.2, 0.25) is 0 Å². The molecule has 12 aromatic carbocycles. The number of thiophene rings is 4. The van der Waals surface area contributed by atoms with Gasteiger partial charge in [-0.05, 0) is 210 Å². The molecule has 0 amide bonds. The summed E-state index contributed by atoms with van der Waals surface area (Å²) < 4.78 is 28.4. The first-order valence-electron chi connectivity index (χ1n) is 37.7. The fourth-order valence-corrected chi connectivity index (χ4v) is 17.6. The molecule has 0 saturated carbocycles. The lowest BCUT2D eigenvalue weighted by Gasteiger charge is -2.19. The Hall–Kier alpha value is -15.4. The number of ether oxygens (including phenoxy) is 4. The van der Waals surface area contributed by atoms with E-state index in [1.807, 2.05) is 78.9 Å². The number of carboxylic acid groups (broad SMARTS) is 4. The van der Waals surface area contributed by atoms with E-state index in [9.17, 15) is 49.7 Å². The predicted octanol–water partition coefficient (Wildman–Crippen LogP) is 27.0. The van der Waals surface area contributed by atoms with Crippen LogP contribution in [0.15, 0.2) is 285 Å². The van der Waals surface area contributed by atoms with Crippen LogP contribution in [0.1, 0.15) is 59.7 Å². The number of aryl methyl sites for hydroxylation is 2. The topological polar surface area (TPSA) is 315 Å². The minimum Gasteiger partial charge on any atom is -0.508 e. The maximum absolute atomic E-state index is 11.6. The van der Waals surface area contributed by atoms with Gasteiger partial charge >= 0.3 is 23.9 Å². The molecule has 0 aliphatic rings. The molecule has 4 heterocycles. The number of nitro benzene ring substituents is 1. The lowest BCUT2D eigenvalue weighted by Crippen LogP contribution is -2.10. The highest BCUT2D eigenvalue weighted by Crippen LogP contribution is 2.53. The summed E-state index contributed by atoms with van der Waals surface area (Å²) in [6, 6.07) is 77.5. The number of nitro groups is 1. The second-order valence-electron chi connectivity index (χ2n) is 28.7. The second kappa shape index (κ2) is 38.1. The molecular formula is C99H74N2O18S4. The number of hydrogen-bond donors (Lipinski definition) is 8. The van der Waals surface area contributed by atoms with E-state index < -0.39 is 28.8 Å². The molecule has 0 aliphatic heterocycles. The lowest BCUT2D eigenvalue weighted by molar-refractivity contribution is -0.384. The van der Waals surface area contributed by atoms with Crippen LogP contribution < -0.4 is 18.9 Å². The lowest BCUT2D eigenvalue weighted by atomic mass is 9.86. The molecule has 0 unspecified atom stereocenters. The maximum atomic E-state index is 11.6. The number of phenolic OH excluding ortho intramolecular Hbond substituents is 4. The van der Waals surface area contributed by atoms with E-state index in [1.54, 1.807) is 150 Å². The Morgan fingerprint density at radius 3 is 1.00 bits per heavy atom. The Labute approximate surface area is 720 Å². The molecule has 16 aromatic rings. The van der Waals surface area contributed by atoms with Crippen molar-refractivity contribution in [2.24, 2.45) is 0 Å². The van der Waals surface area contributed by atoms with Crippen LogP contribution in [-0.4, -0.2) is 69.7 Å². The van der Waals surface area contributed by atoms with Crippen molar-refractivity contribution < 1.29 is 83.9 Å². The van der Waals surface area contributed by atoms with Crippen LogP contribution in [0.5, 0.6) is 69.0 Å². The third kappa shape index (κ3) is 21.6. The summed E-state index contributed by atoms with van der Waals surface area (Å²) in [6.45, 7) is 18.2. The van der Waals surface area contributed by atoms with Gasteiger partial charge in [0.15, 0.2) is 28.7 Å². The molecule has 123 heavy (non-hydrogen) atoms. The summed E-state index contributed by atoms with van der Waals surface area (Å²) in [5.41, 5.74) is 10.4. The number of phenols is 4. The zero-order chi connectivity index (χ0) is 87.2. The summed E-state index contributed by atoms with van der Waals surface area (Å²) in [5.74, 6) is 1.58. The first-order chi connectivity index (χ1) is 59.1. The third-order valence-electron chi connectivity index (χ3n) is 18.7. The molecule has 0 bridgehead atoms. The van der Waals surface area contributed by atoms with Gasteiger partial charge in [0.25, 0.3) is 5.69 Å². The van der Waals surface area contributed by atoms with E-state index in [0.717, 1.165) is 119 Å². The number of fused-ring (bicyclic) bond motifs is 4.